The first-order chi connectivity index (χ1) is 6.83. The van der Waals surface area contributed by atoms with Gasteiger partial charge in [-0.15, -0.1) is 29.9 Å². The SMILES string of the molecule is CCOC(=O)C1=NN=C2CC=NC=C21.Cl.Cl. The van der Waals surface area contributed by atoms with E-state index in [0.29, 0.717) is 18.6 Å². The summed E-state index contributed by atoms with van der Waals surface area (Å²) >= 11 is 0. The number of aliphatic imine (C=N–C) groups is 1. The van der Waals surface area contributed by atoms with Crippen LogP contribution in [0.4, 0.5) is 0 Å². The number of carbonyl (C=O) groups excluding carboxylic acids is 1. The zero-order chi connectivity index (χ0) is 9.97. The third-order valence-electron chi connectivity index (χ3n) is 1.90. The maximum atomic E-state index is 11.4. The first-order valence-corrected chi connectivity index (χ1v) is 4.37. The van der Waals surface area contributed by atoms with Gasteiger partial charge < -0.3 is 4.74 Å². The summed E-state index contributed by atoms with van der Waals surface area (Å²) in [6.07, 6.45) is 3.94. The van der Waals surface area contributed by atoms with Gasteiger partial charge >= 0.3 is 5.97 Å². The summed E-state index contributed by atoms with van der Waals surface area (Å²) < 4.78 is 4.84. The largest absolute Gasteiger partial charge is 0.461 e. The zero-order valence-corrected chi connectivity index (χ0v) is 10.2. The van der Waals surface area contributed by atoms with Crippen LogP contribution in [-0.2, 0) is 9.53 Å². The molecule has 0 unspecified atom stereocenters. The summed E-state index contributed by atoms with van der Waals surface area (Å²) in [5.41, 5.74) is 1.73. The quantitative estimate of drug-likeness (QED) is 0.710. The fourth-order valence-corrected chi connectivity index (χ4v) is 1.26. The Bertz CT molecular complexity index is 400. The van der Waals surface area contributed by atoms with Crippen molar-refractivity contribution < 1.29 is 9.53 Å². The van der Waals surface area contributed by atoms with E-state index >= 15 is 0 Å². The molecule has 2 aliphatic rings. The van der Waals surface area contributed by atoms with Crippen LogP contribution in [-0.4, -0.2) is 30.2 Å². The van der Waals surface area contributed by atoms with E-state index in [4.69, 9.17) is 4.74 Å². The fraction of sp³-hybridized carbons (Fsp3) is 0.333. The van der Waals surface area contributed by atoms with Gasteiger partial charge in [0.1, 0.15) is 0 Å². The Labute approximate surface area is 105 Å². The molecule has 2 heterocycles. The van der Waals surface area contributed by atoms with Crippen molar-refractivity contribution in [1.29, 1.82) is 0 Å². The molecule has 0 spiro atoms. The van der Waals surface area contributed by atoms with Crippen molar-refractivity contribution in [2.24, 2.45) is 15.2 Å². The summed E-state index contributed by atoms with van der Waals surface area (Å²) in [4.78, 5) is 15.3. The number of hydrogen-bond donors (Lipinski definition) is 0. The highest BCUT2D eigenvalue weighted by atomic mass is 35.5. The Balaban J connectivity index is 0.00000112. The van der Waals surface area contributed by atoms with Gasteiger partial charge in [0.25, 0.3) is 0 Å². The Morgan fingerprint density at radius 3 is 2.88 bits per heavy atom. The topological polar surface area (TPSA) is 63.4 Å². The number of esters is 1. The molecular weight excluding hydrogens is 253 g/mol. The van der Waals surface area contributed by atoms with E-state index in [9.17, 15) is 4.79 Å². The second-order valence-electron chi connectivity index (χ2n) is 2.79. The number of carbonyl (C=O) groups is 1. The van der Waals surface area contributed by atoms with Gasteiger partial charge in [-0.3, -0.25) is 4.99 Å². The van der Waals surface area contributed by atoms with Crippen LogP contribution in [0.5, 0.6) is 0 Å². The molecule has 2 rings (SSSR count). The van der Waals surface area contributed by atoms with Gasteiger partial charge in [-0.05, 0) is 6.92 Å². The Morgan fingerprint density at radius 2 is 2.19 bits per heavy atom. The molecule has 0 aromatic rings. The maximum Gasteiger partial charge on any atom is 0.359 e. The molecule has 0 amide bonds. The molecule has 0 aromatic carbocycles. The molecule has 0 saturated carbocycles. The molecule has 0 bridgehead atoms. The molecule has 0 N–H and O–H groups in total. The second kappa shape index (κ2) is 6.40. The third kappa shape index (κ3) is 2.68. The lowest BCUT2D eigenvalue weighted by Crippen LogP contribution is -2.21. The Morgan fingerprint density at radius 1 is 1.44 bits per heavy atom. The van der Waals surface area contributed by atoms with Crippen molar-refractivity contribution in [2.75, 3.05) is 6.61 Å². The molecule has 0 fully saturated rings. The van der Waals surface area contributed by atoms with Crippen molar-refractivity contribution in [1.82, 2.24) is 0 Å². The van der Waals surface area contributed by atoms with Gasteiger partial charge in [-0.25, -0.2) is 4.79 Å². The minimum absolute atomic E-state index is 0. The molecule has 16 heavy (non-hydrogen) atoms. The van der Waals surface area contributed by atoms with E-state index in [0.717, 1.165) is 5.71 Å². The first-order valence-electron chi connectivity index (χ1n) is 4.37. The lowest BCUT2D eigenvalue weighted by molar-refractivity contribution is -0.134. The Hall–Kier alpha value is -1.20. The van der Waals surface area contributed by atoms with Crippen LogP contribution < -0.4 is 0 Å². The number of halogens is 2. The van der Waals surface area contributed by atoms with Crippen LogP contribution in [0.2, 0.25) is 0 Å². The minimum atomic E-state index is -0.436. The number of fused-ring (bicyclic) bond motifs is 1. The van der Waals surface area contributed by atoms with Crippen molar-refractivity contribution in [3.63, 3.8) is 0 Å². The summed E-state index contributed by atoms with van der Waals surface area (Å²) in [6.45, 7) is 2.09. The van der Waals surface area contributed by atoms with Gasteiger partial charge in [-0.2, -0.15) is 5.10 Å². The molecule has 0 aliphatic carbocycles. The van der Waals surface area contributed by atoms with Crippen molar-refractivity contribution in [2.45, 2.75) is 13.3 Å². The monoisotopic (exact) mass is 263 g/mol. The standard InChI is InChI=1S/C9H9N3O2.2ClH/c1-2-14-9(13)8-6-5-10-4-3-7(6)11-12-8;;/h4-5H,2-3H2,1H3;2*1H. The van der Waals surface area contributed by atoms with E-state index in [1.54, 1.807) is 19.3 Å². The molecule has 88 valence electrons. The van der Waals surface area contributed by atoms with Gasteiger partial charge in [0.15, 0.2) is 5.71 Å². The average Bonchev–Trinajstić information content (AvgIpc) is 2.61. The van der Waals surface area contributed by atoms with Crippen molar-refractivity contribution in [3.05, 3.63) is 11.8 Å². The van der Waals surface area contributed by atoms with Crippen LogP contribution in [0.3, 0.4) is 0 Å². The number of rotatable bonds is 2. The number of nitrogens with zero attached hydrogens (tertiary/aromatic N) is 3. The van der Waals surface area contributed by atoms with Crippen LogP contribution in [0, 0.1) is 0 Å². The summed E-state index contributed by atoms with van der Waals surface area (Å²) in [5, 5.41) is 7.67. The maximum absolute atomic E-state index is 11.4. The summed E-state index contributed by atoms with van der Waals surface area (Å²) in [5.74, 6) is -0.436. The second-order valence-corrected chi connectivity index (χ2v) is 2.79. The number of hydrogen-bond acceptors (Lipinski definition) is 5. The van der Waals surface area contributed by atoms with E-state index in [1.165, 1.54) is 0 Å². The molecular formula is C9H11Cl2N3O2. The molecule has 0 saturated heterocycles. The van der Waals surface area contributed by atoms with Crippen LogP contribution in [0.1, 0.15) is 13.3 Å². The third-order valence-corrected chi connectivity index (χ3v) is 1.90. The molecule has 2 aliphatic heterocycles. The van der Waals surface area contributed by atoms with Gasteiger partial charge in [-0.1, -0.05) is 0 Å². The highest BCUT2D eigenvalue weighted by Crippen LogP contribution is 2.16. The molecule has 0 radical (unpaired) electrons. The molecule has 0 aromatic heterocycles. The van der Waals surface area contributed by atoms with Crippen molar-refractivity contribution in [3.8, 4) is 0 Å². The van der Waals surface area contributed by atoms with Crippen molar-refractivity contribution >= 4 is 48.4 Å². The lowest BCUT2D eigenvalue weighted by atomic mass is 10.0. The van der Waals surface area contributed by atoms with Crippen LogP contribution in [0.15, 0.2) is 27.0 Å². The van der Waals surface area contributed by atoms with Gasteiger partial charge in [0.2, 0.25) is 0 Å². The summed E-state index contributed by atoms with van der Waals surface area (Å²) in [7, 11) is 0. The summed E-state index contributed by atoms with van der Waals surface area (Å²) in [6, 6.07) is 0. The van der Waals surface area contributed by atoms with Gasteiger partial charge in [0.05, 0.1) is 17.9 Å². The minimum Gasteiger partial charge on any atom is -0.461 e. The van der Waals surface area contributed by atoms with E-state index in [1.807, 2.05) is 0 Å². The van der Waals surface area contributed by atoms with E-state index in [2.05, 4.69) is 15.2 Å². The highest BCUT2D eigenvalue weighted by molar-refractivity contribution is 6.52. The zero-order valence-electron chi connectivity index (χ0n) is 8.54. The first kappa shape index (κ1) is 14.8. The predicted molar refractivity (Wildman–Crippen MR) is 67.2 cm³/mol. The van der Waals surface area contributed by atoms with Gasteiger partial charge in [0, 0.05) is 18.8 Å². The van der Waals surface area contributed by atoms with Crippen LogP contribution in [0.25, 0.3) is 0 Å². The average molecular weight is 264 g/mol. The Kier molecular flexibility index (Phi) is 5.92. The molecule has 0 atom stereocenters. The lowest BCUT2D eigenvalue weighted by Gasteiger charge is -2.05. The van der Waals surface area contributed by atoms with Crippen LogP contribution >= 0.6 is 24.8 Å². The normalized spacial score (nSPS) is 15.9. The highest BCUT2D eigenvalue weighted by Gasteiger charge is 2.27. The smallest absolute Gasteiger partial charge is 0.359 e. The predicted octanol–water partition coefficient (Wildman–Crippen LogP) is 1.56. The molecule has 7 heteroatoms. The fourth-order valence-electron chi connectivity index (χ4n) is 1.26. The molecule has 5 nitrogen and oxygen atoms in total. The number of ether oxygens (including phenoxy) is 1. The van der Waals surface area contributed by atoms with E-state index in [-0.39, 0.29) is 30.5 Å². The van der Waals surface area contributed by atoms with E-state index < -0.39 is 5.97 Å².